The van der Waals surface area contributed by atoms with Crippen LogP contribution < -0.4 is 0 Å². The normalized spacial score (nSPS) is 11.9. The average Bonchev–Trinajstić information content (AvgIpc) is 3.98. The maximum absolute atomic E-state index is 10.9. The van der Waals surface area contributed by atoms with Crippen molar-refractivity contribution in [3.8, 4) is 28.6 Å². The van der Waals surface area contributed by atoms with E-state index in [4.69, 9.17) is 15.4 Å². The van der Waals surface area contributed by atoms with Crippen LogP contribution in [0.5, 0.6) is 0 Å². The Morgan fingerprint density at radius 3 is 1.46 bits per heavy atom. The second-order valence-electron chi connectivity index (χ2n) is 14.2. The van der Waals surface area contributed by atoms with Crippen LogP contribution in [0.3, 0.4) is 0 Å². The van der Waals surface area contributed by atoms with Crippen molar-refractivity contribution in [2.24, 2.45) is 0 Å². The van der Waals surface area contributed by atoms with Crippen LogP contribution in [0.4, 0.5) is 5.69 Å². The van der Waals surface area contributed by atoms with Crippen LogP contribution in [-0.2, 0) is 0 Å². The van der Waals surface area contributed by atoms with Gasteiger partial charge >= 0.3 is 0 Å². The van der Waals surface area contributed by atoms with Gasteiger partial charge in [-0.2, -0.15) is 5.26 Å². The standard InChI is InChI=1S/C50H26N4O2/c1-52-40-19-11-18-35(50(40)54-42-21-7-3-14-31(42)37-27-48-39(25-44(37)54)33-16-5-9-23-46(33)56-48)34-17-10-12-29(28-51)49(34)53-41-20-6-2-13-30(41)36-26-47-38(24-43(36)53)32-15-4-8-22-45(32)55-47/h2-27H. The van der Waals surface area contributed by atoms with E-state index < -0.39 is 0 Å². The highest BCUT2D eigenvalue weighted by Crippen LogP contribution is 2.46. The number of furan rings is 2. The summed E-state index contributed by atoms with van der Waals surface area (Å²) < 4.78 is 17.2. The molecule has 8 aromatic carbocycles. The summed E-state index contributed by atoms with van der Waals surface area (Å²) in [4.78, 5) is 4.15. The van der Waals surface area contributed by atoms with Gasteiger partial charge in [0.1, 0.15) is 28.4 Å². The molecule has 0 fully saturated rings. The monoisotopic (exact) mass is 714 g/mol. The lowest BCUT2D eigenvalue weighted by Gasteiger charge is -2.20. The predicted molar refractivity (Wildman–Crippen MR) is 226 cm³/mol. The Balaban J connectivity index is 1.22. The second-order valence-corrected chi connectivity index (χ2v) is 14.2. The third kappa shape index (κ3) is 4.02. The number of fused-ring (bicyclic) bond motifs is 12. The first-order valence-electron chi connectivity index (χ1n) is 18.4. The number of rotatable bonds is 3. The van der Waals surface area contributed by atoms with Gasteiger partial charge in [0.05, 0.1) is 45.6 Å². The summed E-state index contributed by atoms with van der Waals surface area (Å²) in [5.41, 5.74) is 11.4. The molecule has 0 radical (unpaired) electrons. The number of hydrogen-bond acceptors (Lipinski definition) is 3. The fraction of sp³-hybridized carbons (Fsp3) is 0. The fourth-order valence-corrected chi connectivity index (χ4v) is 9.02. The van der Waals surface area contributed by atoms with Crippen LogP contribution in [0.2, 0.25) is 0 Å². The van der Waals surface area contributed by atoms with E-state index in [9.17, 15) is 5.26 Å². The van der Waals surface area contributed by atoms with Crippen molar-refractivity contribution in [1.29, 1.82) is 5.26 Å². The fourth-order valence-electron chi connectivity index (χ4n) is 9.02. The molecule has 12 rings (SSSR count). The first-order valence-corrected chi connectivity index (χ1v) is 18.4. The van der Waals surface area contributed by atoms with Gasteiger partial charge in [-0.15, -0.1) is 0 Å². The van der Waals surface area contributed by atoms with Gasteiger partial charge in [-0.05, 0) is 60.2 Å². The molecule has 0 aliphatic heterocycles. The predicted octanol–water partition coefficient (Wildman–Crippen LogP) is 13.8. The van der Waals surface area contributed by atoms with Gasteiger partial charge in [0, 0.05) is 48.7 Å². The van der Waals surface area contributed by atoms with E-state index in [1.807, 2.05) is 84.9 Å². The molecule has 0 unspecified atom stereocenters. The van der Waals surface area contributed by atoms with Crippen molar-refractivity contribution < 1.29 is 8.83 Å². The van der Waals surface area contributed by atoms with Crippen molar-refractivity contribution in [3.05, 3.63) is 175 Å². The zero-order valence-electron chi connectivity index (χ0n) is 29.6. The maximum atomic E-state index is 10.9. The Hall–Kier alpha value is -8.06. The molecule has 0 atom stereocenters. The molecule has 0 bridgehead atoms. The molecule has 0 aliphatic carbocycles. The first-order chi connectivity index (χ1) is 27.7. The topological polar surface area (TPSA) is 64.3 Å². The van der Waals surface area contributed by atoms with E-state index in [2.05, 4.69) is 92.8 Å². The Kier molecular flexibility index (Phi) is 6.10. The minimum Gasteiger partial charge on any atom is -0.456 e. The summed E-state index contributed by atoms with van der Waals surface area (Å²) >= 11 is 0. The molecule has 0 spiro atoms. The zero-order chi connectivity index (χ0) is 37.1. The molecule has 4 aromatic heterocycles. The lowest BCUT2D eigenvalue weighted by Crippen LogP contribution is -2.04. The molecule has 0 aliphatic rings. The van der Waals surface area contributed by atoms with Gasteiger partial charge in [-0.25, -0.2) is 4.85 Å². The molecular weight excluding hydrogens is 689 g/mol. The Morgan fingerprint density at radius 2 is 0.911 bits per heavy atom. The smallest absolute Gasteiger partial charge is 0.211 e. The highest BCUT2D eigenvalue weighted by atomic mass is 16.3. The Bertz CT molecular complexity index is 3500. The molecule has 0 amide bonds. The van der Waals surface area contributed by atoms with E-state index in [1.165, 1.54) is 0 Å². The van der Waals surface area contributed by atoms with E-state index in [-0.39, 0.29) is 0 Å². The number of benzene rings is 8. The van der Waals surface area contributed by atoms with Crippen molar-refractivity contribution in [1.82, 2.24) is 9.13 Å². The van der Waals surface area contributed by atoms with Crippen LogP contribution in [0.15, 0.2) is 167 Å². The minimum absolute atomic E-state index is 0.504. The molecule has 258 valence electrons. The molecule has 12 aromatic rings. The molecule has 4 heterocycles. The number of para-hydroxylation sites is 6. The average molecular weight is 715 g/mol. The van der Waals surface area contributed by atoms with E-state index in [0.717, 1.165) is 110 Å². The number of hydrogen-bond donors (Lipinski definition) is 0. The third-order valence-electron chi connectivity index (χ3n) is 11.4. The van der Waals surface area contributed by atoms with E-state index in [1.54, 1.807) is 0 Å². The number of nitriles is 1. The molecular formula is C50H26N4O2. The molecule has 0 saturated carbocycles. The van der Waals surface area contributed by atoms with Crippen LogP contribution >= 0.6 is 0 Å². The minimum atomic E-state index is 0.504. The highest BCUT2D eigenvalue weighted by molar-refractivity contribution is 6.19. The first kappa shape index (κ1) is 30.4. The zero-order valence-corrected chi connectivity index (χ0v) is 29.6. The van der Waals surface area contributed by atoms with Gasteiger partial charge < -0.3 is 18.0 Å². The SMILES string of the molecule is [C-]#[N+]c1cccc(-c2cccc(C#N)c2-n2c3ccccc3c3cc4oc5ccccc5c4cc32)c1-n1c2ccccc2c2cc3oc4ccccc4c3cc21. The lowest BCUT2D eigenvalue weighted by atomic mass is 9.97. The molecule has 6 heteroatoms. The molecule has 0 saturated heterocycles. The number of aromatic nitrogens is 2. The number of nitrogens with zero attached hydrogens (tertiary/aromatic N) is 4. The van der Waals surface area contributed by atoms with Crippen molar-refractivity contribution >= 4 is 93.2 Å². The van der Waals surface area contributed by atoms with Gasteiger partial charge in [-0.1, -0.05) is 103 Å². The van der Waals surface area contributed by atoms with Gasteiger partial charge in [0.25, 0.3) is 0 Å². The van der Waals surface area contributed by atoms with Crippen LogP contribution in [0.25, 0.3) is 115 Å². The summed E-state index contributed by atoms with van der Waals surface area (Å²) in [6.07, 6.45) is 0. The molecule has 6 nitrogen and oxygen atoms in total. The summed E-state index contributed by atoms with van der Waals surface area (Å²) in [5, 5.41) is 19.1. The summed E-state index contributed by atoms with van der Waals surface area (Å²) in [6.45, 7) is 8.52. The quantitative estimate of drug-likeness (QED) is 0.171. The van der Waals surface area contributed by atoms with E-state index >= 15 is 0 Å². The Morgan fingerprint density at radius 1 is 0.429 bits per heavy atom. The van der Waals surface area contributed by atoms with Crippen molar-refractivity contribution in [2.45, 2.75) is 0 Å². The summed E-state index contributed by atoms with van der Waals surface area (Å²) in [5.74, 6) is 0. The Labute approximate surface area is 318 Å². The van der Waals surface area contributed by atoms with Crippen molar-refractivity contribution in [3.63, 3.8) is 0 Å². The van der Waals surface area contributed by atoms with Gasteiger partial charge in [-0.3, -0.25) is 0 Å². The van der Waals surface area contributed by atoms with Crippen LogP contribution in [0, 0.1) is 17.9 Å². The largest absolute Gasteiger partial charge is 0.456 e. The van der Waals surface area contributed by atoms with Crippen LogP contribution in [0.1, 0.15) is 5.56 Å². The lowest BCUT2D eigenvalue weighted by molar-refractivity contribution is 0.669. The summed E-state index contributed by atoms with van der Waals surface area (Å²) in [6, 6.07) is 55.8. The molecule has 0 N–H and O–H groups in total. The third-order valence-corrected chi connectivity index (χ3v) is 11.4. The molecule has 56 heavy (non-hydrogen) atoms. The van der Waals surface area contributed by atoms with Gasteiger partial charge in [0.2, 0.25) is 5.69 Å². The maximum Gasteiger partial charge on any atom is 0.211 e. The van der Waals surface area contributed by atoms with Gasteiger partial charge in [0.15, 0.2) is 0 Å². The summed E-state index contributed by atoms with van der Waals surface area (Å²) in [7, 11) is 0. The van der Waals surface area contributed by atoms with Crippen LogP contribution in [-0.4, -0.2) is 9.13 Å². The van der Waals surface area contributed by atoms with Crippen molar-refractivity contribution in [2.75, 3.05) is 0 Å². The second kappa shape index (κ2) is 11.2. The van der Waals surface area contributed by atoms with E-state index in [0.29, 0.717) is 11.3 Å². The highest BCUT2D eigenvalue weighted by Gasteiger charge is 2.25.